The molecule has 0 aliphatic heterocycles. The number of benzene rings is 2. The summed E-state index contributed by atoms with van der Waals surface area (Å²) in [4.78, 5) is 11.8. The number of amides is 1. The summed E-state index contributed by atoms with van der Waals surface area (Å²) in [5.74, 6) is 0.919. The molecule has 0 fully saturated rings. The summed E-state index contributed by atoms with van der Waals surface area (Å²) in [6.45, 7) is 4.33. The Morgan fingerprint density at radius 1 is 1.28 bits per heavy atom. The van der Waals surface area contributed by atoms with Gasteiger partial charge in [-0.05, 0) is 47.7 Å². The molecular formula is C20H23BrN2O2. The van der Waals surface area contributed by atoms with Crippen LogP contribution in [-0.2, 0) is 4.79 Å². The molecule has 0 aliphatic rings. The third-order valence-electron chi connectivity index (χ3n) is 3.79. The number of hydrogen-bond donors (Lipinski definition) is 1. The van der Waals surface area contributed by atoms with Crippen LogP contribution in [0.2, 0.25) is 0 Å². The lowest BCUT2D eigenvalue weighted by molar-refractivity contribution is -0.123. The molecule has 1 atom stereocenters. The molecule has 0 saturated carbocycles. The second-order valence-corrected chi connectivity index (χ2v) is 6.81. The lowest BCUT2D eigenvalue weighted by Crippen LogP contribution is -2.24. The molecule has 0 heterocycles. The molecule has 1 amide bonds. The first kappa shape index (κ1) is 19.2. The summed E-state index contributed by atoms with van der Waals surface area (Å²) < 4.78 is 6.45. The maximum atomic E-state index is 11.8. The average molecular weight is 403 g/mol. The number of nitrogens with one attached hydrogen (secondary N) is 1. The van der Waals surface area contributed by atoms with Gasteiger partial charge in [0.15, 0.2) is 6.61 Å². The Kier molecular flexibility index (Phi) is 7.67. The fourth-order valence-corrected chi connectivity index (χ4v) is 2.86. The van der Waals surface area contributed by atoms with Gasteiger partial charge in [0.2, 0.25) is 0 Å². The fourth-order valence-electron chi connectivity index (χ4n) is 2.44. The molecule has 0 saturated heterocycles. The van der Waals surface area contributed by atoms with Crippen LogP contribution < -0.4 is 10.2 Å². The van der Waals surface area contributed by atoms with E-state index in [0.29, 0.717) is 11.7 Å². The minimum absolute atomic E-state index is 0.0698. The molecule has 2 aromatic carbocycles. The van der Waals surface area contributed by atoms with Crippen LogP contribution >= 0.6 is 15.9 Å². The molecule has 0 aliphatic carbocycles. The molecule has 2 rings (SSSR count). The first-order valence-electron chi connectivity index (χ1n) is 8.38. The van der Waals surface area contributed by atoms with Crippen molar-refractivity contribution in [3.63, 3.8) is 0 Å². The van der Waals surface area contributed by atoms with Crippen molar-refractivity contribution in [3.8, 4) is 5.75 Å². The zero-order valence-electron chi connectivity index (χ0n) is 14.5. The molecule has 132 valence electrons. The molecule has 25 heavy (non-hydrogen) atoms. The van der Waals surface area contributed by atoms with Gasteiger partial charge in [0, 0.05) is 4.47 Å². The number of halogens is 1. The third-order valence-corrected chi connectivity index (χ3v) is 4.29. The Bertz CT molecular complexity index is 714. The van der Waals surface area contributed by atoms with Crippen molar-refractivity contribution in [2.45, 2.75) is 32.6 Å². The summed E-state index contributed by atoms with van der Waals surface area (Å²) in [5.41, 5.74) is 4.64. The van der Waals surface area contributed by atoms with E-state index in [4.69, 9.17) is 4.74 Å². The Balaban J connectivity index is 1.78. The van der Waals surface area contributed by atoms with Gasteiger partial charge in [-0.2, -0.15) is 5.10 Å². The number of hydrazone groups is 1. The molecule has 0 unspecified atom stereocenters. The Hall–Kier alpha value is -2.14. The highest BCUT2D eigenvalue weighted by molar-refractivity contribution is 9.10. The van der Waals surface area contributed by atoms with Crippen LogP contribution in [-0.4, -0.2) is 18.7 Å². The largest absolute Gasteiger partial charge is 0.484 e. The highest BCUT2D eigenvalue weighted by Gasteiger charge is 2.05. The Labute approximate surface area is 157 Å². The quantitative estimate of drug-likeness (QED) is 0.505. The summed E-state index contributed by atoms with van der Waals surface area (Å²) in [6.07, 6.45) is 3.92. The molecule has 5 heteroatoms. The van der Waals surface area contributed by atoms with Gasteiger partial charge in [0.1, 0.15) is 5.75 Å². The van der Waals surface area contributed by atoms with Crippen molar-refractivity contribution in [2.75, 3.05) is 6.61 Å². The van der Waals surface area contributed by atoms with Crippen LogP contribution in [0.5, 0.6) is 5.75 Å². The van der Waals surface area contributed by atoms with Gasteiger partial charge in [-0.15, -0.1) is 0 Å². The summed E-state index contributed by atoms with van der Waals surface area (Å²) >= 11 is 3.39. The number of rotatable bonds is 8. The highest BCUT2D eigenvalue weighted by atomic mass is 79.9. The topological polar surface area (TPSA) is 50.7 Å². The zero-order valence-corrected chi connectivity index (χ0v) is 16.1. The fraction of sp³-hybridized carbons (Fsp3) is 0.300. The van der Waals surface area contributed by atoms with Crippen molar-refractivity contribution in [2.24, 2.45) is 5.10 Å². The van der Waals surface area contributed by atoms with Crippen LogP contribution in [0.4, 0.5) is 0 Å². The van der Waals surface area contributed by atoms with Crippen LogP contribution in [0.3, 0.4) is 0 Å². The second-order valence-electron chi connectivity index (χ2n) is 5.90. The number of hydrogen-bond acceptors (Lipinski definition) is 3. The van der Waals surface area contributed by atoms with E-state index >= 15 is 0 Å². The molecule has 4 nitrogen and oxygen atoms in total. The summed E-state index contributed by atoms with van der Waals surface area (Å²) in [6, 6.07) is 15.6. The maximum absolute atomic E-state index is 11.8. The lowest BCUT2D eigenvalue weighted by atomic mass is 9.97. The first-order chi connectivity index (χ1) is 12.1. The molecule has 1 N–H and O–H groups in total. The van der Waals surface area contributed by atoms with E-state index in [2.05, 4.69) is 52.4 Å². The number of ether oxygens (including phenoxy) is 1. The normalized spacial score (nSPS) is 12.1. The SMILES string of the molecule is CCC[C@H](C)c1ccc(OCC(=O)N/N=C\c2cccc(Br)c2)cc1. The second kappa shape index (κ2) is 9.99. The summed E-state index contributed by atoms with van der Waals surface area (Å²) in [7, 11) is 0. The van der Waals surface area contributed by atoms with Crippen molar-refractivity contribution < 1.29 is 9.53 Å². The average Bonchev–Trinajstić information content (AvgIpc) is 2.61. The molecule has 0 aromatic heterocycles. The van der Waals surface area contributed by atoms with Crippen molar-refractivity contribution >= 4 is 28.1 Å². The monoisotopic (exact) mass is 402 g/mol. The molecule has 0 spiro atoms. The summed E-state index contributed by atoms with van der Waals surface area (Å²) in [5, 5.41) is 3.93. The van der Waals surface area contributed by atoms with Crippen molar-refractivity contribution in [1.29, 1.82) is 0 Å². The van der Waals surface area contributed by atoms with E-state index in [1.807, 2.05) is 36.4 Å². The van der Waals surface area contributed by atoms with Crippen LogP contribution in [0.1, 0.15) is 43.7 Å². The lowest BCUT2D eigenvalue weighted by Gasteiger charge is -2.11. The van der Waals surface area contributed by atoms with E-state index in [9.17, 15) is 4.79 Å². The van der Waals surface area contributed by atoms with E-state index in [0.717, 1.165) is 10.0 Å². The van der Waals surface area contributed by atoms with E-state index in [1.165, 1.54) is 18.4 Å². The van der Waals surface area contributed by atoms with Gasteiger partial charge in [-0.25, -0.2) is 5.43 Å². The minimum Gasteiger partial charge on any atom is -0.484 e. The van der Waals surface area contributed by atoms with E-state index in [-0.39, 0.29) is 12.5 Å². The number of carbonyl (C=O) groups excluding carboxylic acids is 1. The third kappa shape index (κ3) is 6.70. The standard InChI is InChI=1S/C20H23BrN2O2/c1-3-5-15(2)17-8-10-19(11-9-17)25-14-20(24)23-22-13-16-6-4-7-18(21)12-16/h4,6-13,15H,3,5,14H2,1-2H3,(H,23,24)/b22-13-/t15-/m0/s1. The Morgan fingerprint density at radius 2 is 2.04 bits per heavy atom. The zero-order chi connectivity index (χ0) is 18.1. The van der Waals surface area contributed by atoms with Gasteiger partial charge in [-0.1, -0.05) is 60.5 Å². The van der Waals surface area contributed by atoms with E-state index in [1.54, 1.807) is 6.21 Å². The van der Waals surface area contributed by atoms with Crippen LogP contribution in [0.15, 0.2) is 58.1 Å². The Morgan fingerprint density at radius 3 is 2.72 bits per heavy atom. The van der Waals surface area contributed by atoms with Crippen LogP contribution in [0, 0.1) is 0 Å². The number of carbonyl (C=O) groups is 1. The molecule has 0 radical (unpaired) electrons. The predicted molar refractivity (Wildman–Crippen MR) is 105 cm³/mol. The van der Waals surface area contributed by atoms with Crippen LogP contribution in [0.25, 0.3) is 0 Å². The molecular weight excluding hydrogens is 380 g/mol. The van der Waals surface area contributed by atoms with Gasteiger partial charge < -0.3 is 4.74 Å². The van der Waals surface area contributed by atoms with Crippen molar-refractivity contribution in [3.05, 3.63) is 64.1 Å². The van der Waals surface area contributed by atoms with Crippen molar-refractivity contribution in [1.82, 2.24) is 5.43 Å². The first-order valence-corrected chi connectivity index (χ1v) is 9.18. The van der Waals surface area contributed by atoms with E-state index < -0.39 is 0 Å². The highest BCUT2D eigenvalue weighted by Crippen LogP contribution is 2.22. The molecule has 2 aromatic rings. The van der Waals surface area contributed by atoms with Gasteiger partial charge in [0.25, 0.3) is 5.91 Å². The predicted octanol–water partition coefficient (Wildman–Crippen LogP) is 4.88. The maximum Gasteiger partial charge on any atom is 0.277 e. The molecule has 0 bridgehead atoms. The minimum atomic E-state index is -0.297. The van der Waals surface area contributed by atoms with Gasteiger partial charge in [0.05, 0.1) is 6.21 Å². The number of nitrogens with zero attached hydrogens (tertiary/aromatic N) is 1. The van der Waals surface area contributed by atoms with Gasteiger partial charge >= 0.3 is 0 Å². The van der Waals surface area contributed by atoms with Gasteiger partial charge in [-0.3, -0.25) is 4.79 Å². The smallest absolute Gasteiger partial charge is 0.277 e.